The van der Waals surface area contributed by atoms with Crippen LogP contribution in [0.2, 0.25) is 0 Å². The Balaban J connectivity index is 2.05. The molecule has 0 unspecified atom stereocenters. The van der Waals surface area contributed by atoms with E-state index in [9.17, 15) is 18.0 Å². The van der Waals surface area contributed by atoms with Crippen molar-refractivity contribution in [2.75, 3.05) is 24.5 Å². The molecule has 18 heavy (non-hydrogen) atoms. The zero-order valence-corrected chi connectivity index (χ0v) is 9.33. The van der Waals surface area contributed by atoms with Crippen LogP contribution in [0, 0.1) is 0 Å². The molecule has 0 aliphatic carbocycles. The largest absolute Gasteiger partial charge is 0.573 e. The number of hydrogen-bond acceptors (Lipinski definition) is 3. The lowest BCUT2D eigenvalue weighted by molar-refractivity contribution is -0.274. The Morgan fingerprint density at radius 3 is 2.44 bits per heavy atom. The predicted octanol–water partition coefficient (Wildman–Crippen LogP) is 1.52. The van der Waals surface area contributed by atoms with Gasteiger partial charge in [0.2, 0.25) is 5.91 Å². The SMILES string of the molecule is O=C1CN(c2ccc(OC(F)(F)F)cc2)CCN1. The summed E-state index contributed by atoms with van der Waals surface area (Å²) in [4.78, 5) is 13.0. The molecule has 0 bridgehead atoms. The van der Waals surface area contributed by atoms with Crippen LogP contribution in [0.4, 0.5) is 18.9 Å². The number of nitrogens with zero attached hydrogens (tertiary/aromatic N) is 1. The van der Waals surface area contributed by atoms with Gasteiger partial charge in [0.15, 0.2) is 0 Å². The van der Waals surface area contributed by atoms with Gasteiger partial charge in [0.05, 0.1) is 6.54 Å². The molecule has 4 nitrogen and oxygen atoms in total. The molecular formula is C11H11F3N2O2. The molecule has 0 spiro atoms. The van der Waals surface area contributed by atoms with Gasteiger partial charge in [-0.15, -0.1) is 13.2 Å². The number of ether oxygens (including phenoxy) is 1. The summed E-state index contributed by atoms with van der Waals surface area (Å²) in [5, 5.41) is 2.67. The number of piperazine rings is 1. The van der Waals surface area contributed by atoms with Crippen LogP contribution < -0.4 is 15.0 Å². The summed E-state index contributed by atoms with van der Waals surface area (Å²) < 4.78 is 39.7. The topological polar surface area (TPSA) is 41.6 Å². The molecule has 1 amide bonds. The second-order valence-corrected chi connectivity index (χ2v) is 3.81. The smallest absolute Gasteiger partial charge is 0.406 e. The number of nitrogens with one attached hydrogen (secondary N) is 1. The average molecular weight is 260 g/mol. The lowest BCUT2D eigenvalue weighted by Crippen LogP contribution is -2.47. The predicted molar refractivity (Wildman–Crippen MR) is 58.3 cm³/mol. The maximum Gasteiger partial charge on any atom is 0.573 e. The highest BCUT2D eigenvalue weighted by Crippen LogP contribution is 2.25. The van der Waals surface area contributed by atoms with Crippen LogP contribution in [0.5, 0.6) is 5.75 Å². The third-order valence-corrected chi connectivity index (χ3v) is 2.47. The second kappa shape index (κ2) is 4.75. The van der Waals surface area contributed by atoms with Crippen LogP contribution >= 0.6 is 0 Å². The van der Waals surface area contributed by atoms with E-state index in [0.29, 0.717) is 18.8 Å². The van der Waals surface area contributed by atoms with E-state index >= 15 is 0 Å². The Morgan fingerprint density at radius 1 is 1.22 bits per heavy atom. The van der Waals surface area contributed by atoms with Crippen molar-refractivity contribution in [1.29, 1.82) is 0 Å². The van der Waals surface area contributed by atoms with Crippen LogP contribution in [-0.2, 0) is 4.79 Å². The van der Waals surface area contributed by atoms with Gasteiger partial charge in [-0.05, 0) is 24.3 Å². The zero-order chi connectivity index (χ0) is 13.2. The number of benzene rings is 1. The molecule has 1 aromatic rings. The summed E-state index contributed by atoms with van der Waals surface area (Å²) in [6.07, 6.45) is -4.69. The van der Waals surface area contributed by atoms with Crippen LogP contribution in [0.1, 0.15) is 0 Å². The van der Waals surface area contributed by atoms with Gasteiger partial charge in [-0.3, -0.25) is 4.79 Å². The molecule has 1 heterocycles. The molecule has 1 aliphatic heterocycles. The van der Waals surface area contributed by atoms with Gasteiger partial charge >= 0.3 is 6.36 Å². The first kappa shape index (κ1) is 12.5. The molecule has 0 radical (unpaired) electrons. The highest BCUT2D eigenvalue weighted by molar-refractivity contribution is 5.82. The Labute approximate surface area is 101 Å². The molecule has 1 aromatic carbocycles. The van der Waals surface area contributed by atoms with E-state index in [0.717, 1.165) is 0 Å². The van der Waals surface area contributed by atoms with Gasteiger partial charge in [-0.25, -0.2) is 0 Å². The lowest BCUT2D eigenvalue weighted by atomic mass is 10.2. The maximum absolute atomic E-state index is 12.0. The minimum atomic E-state index is -4.69. The van der Waals surface area contributed by atoms with Crippen molar-refractivity contribution in [1.82, 2.24) is 5.32 Å². The summed E-state index contributed by atoms with van der Waals surface area (Å²) in [7, 11) is 0. The van der Waals surface area contributed by atoms with Gasteiger partial charge in [0.1, 0.15) is 5.75 Å². The van der Waals surface area contributed by atoms with E-state index in [-0.39, 0.29) is 18.2 Å². The maximum atomic E-state index is 12.0. The van der Waals surface area contributed by atoms with Crippen molar-refractivity contribution < 1.29 is 22.7 Å². The van der Waals surface area contributed by atoms with Gasteiger partial charge in [-0.2, -0.15) is 0 Å². The van der Waals surface area contributed by atoms with E-state index in [1.165, 1.54) is 24.3 Å². The van der Waals surface area contributed by atoms with Crippen molar-refractivity contribution in [3.8, 4) is 5.75 Å². The number of rotatable bonds is 2. The van der Waals surface area contributed by atoms with E-state index < -0.39 is 6.36 Å². The van der Waals surface area contributed by atoms with Crippen LogP contribution in [0.15, 0.2) is 24.3 Å². The number of carbonyl (C=O) groups excluding carboxylic acids is 1. The second-order valence-electron chi connectivity index (χ2n) is 3.81. The first-order valence-corrected chi connectivity index (χ1v) is 5.31. The zero-order valence-electron chi connectivity index (χ0n) is 9.33. The Bertz CT molecular complexity index is 431. The average Bonchev–Trinajstić information content (AvgIpc) is 2.28. The van der Waals surface area contributed by atoms with Crippen LogP contribution in [0.3, 0.4) is 0 Å². The number of carbonyl (C=O) groups is 1. The summed E-state index contributed by atoms with van der Waals surface area (Å²) in [6, 6.07) is 5.46. The minimum absolute atomic E-state index is 0.100. The van der Waals surface area contributed by atoms with Crippen molar-refractivity contribution in [2.45, 2.75) is 6.36 Å². The van der Waals surface area contributed by atoms with Gasteiger partial charge in [0.25, 0.3) is 0 Å². The van der Waals surface area contributed by atoms with E-state index in [1.54, 1.807) is 4.90 Å². The lowest BCUT2D eigenvalue weighted by Gasteiger charge is -2.28. The van der Waals surface area contributed by atoms with Gasteiger partial charge < -0.3 is 15.0 Å². The van der Waals surface area contributed by atoms with Crippen molar-refractivity contribution in [3.05, 3.63) is 24.3 Å². The number of halogens is 3. The van der Waals surface area contributed by atoms with Crippen LogP contribution in [-0.4, -0.2) is 31.9 Å². The molecule has 1 aliphatic rings. The fourth-order valence-electron chi connectivity index (χ4n) is 1.72. The molecule has 1 N–H and O–H groups in total. The summed E-state index contributed by atoms with van der Waals surface area (Å²) in [5.74, 6) is -0.371. The quantitative estimate of drug-likeness (QED) is 0.876. The number of anilines is 1. The monoisotopic (exact) mass is 260 g/mol. The third-order valence-electron chi connectivity index (χ3n) is 2.47. The molecule has 0 saturated carbocycles. The first-order chi connectivity index (χ1) is 8.44. The molecule has 98 valence electrons. The molecule has 0 aromatic heterocycles. The highest BCUT2D eigenvalue weighted by Gasteiger charge is 2.31. The van der Waals surface area contributed by atoms with E-state index in [2.05, 4.69) is 10.1 Å². The van der Waals surface area contributed by atoms with Gasteiger partial charge in [0, 0.05) is 18.8 Å². The van der Waals surface area contributed by atoms with Crippen molar-refractivity contribution in [2.24, 2.45) is 0 Å². The highest BCUT2D eigenvalue weighted by atomic mass is 19.4. The molecule has 0 atom stereocenters. The molecule has 2 rings (SSSR count). The number of amides is 1. The first-order valence-electron chi connectivity index (χ1n) is 5.31. The molecule has 1 fully saturated rings. The number of hydrogen-bond donors (Lipinski definition) is 1. The van der Waals surface area contributed by atoms with E-state index in [4.69, 9.17) is 0 Å². The standard InChI is InChI=1S/C11H11F3N2O2/c12-11(13,14)18-9-3-1-8(2-4-9)16-6-5-15-10(17)7-16/h1-4H,5-7H2,(H,15,17). The Morgan fingerprint density at radius 2 is 1.89 bits per heavy atom. The summed E-state index contributed by atoms with van der Waals surface area (Å²) in [6.45, 7) is 1.37. The van der Waals surface area contributed by atoms with Gasteiger partial charge in [-0.1, -0.05) is 0 Å². The Kier molecular flexibility index (Phi) is 3.31. The van der Waals surface area contributed by atoms with E-state index in [1.807, 2.05) is 0 Å². The summed E-state index contributed by atoms with van der Waals surface area (Å²) in [5.41, 5.74) is 0.694. The number of alkyl halides is 3. The fourth-order valence-corrected chi connectivity index (χ4v) is 1.72. The summed E-state index contributed by atoms with van der Waals surface area (Å²) >= 11 is 0. The van der Waals surface area contributed by atoms with Crippen LogP contribution in [0.25, 0.3) is 0 Å². The minimum Gasteiger partial charge on any atom is -0.406 e. The molecule has 1 saturated heterocycles. The fraction of sp³-hybridized carbons (Fsp3) is 0.364. The third kappa shape index (κ3) is 3.28. The Hall–Kier alpha value is -1.92. The van der Waals surface area contributed by atoms with Crippen molar-refractivity contribution >= 4 is 11.6 Å². The van der Waals surface area contributed by atoms with Crippen molar-refractivity contribution in [3.63, 3.8) is 0 Å². The molecular weight excluding hydrogens is 249 g/mol. The molecule has 7 heteroatoms. The normalized spacial score (nSPS) is 16.4.